The molecule has 2 aromatic heterocycles. The molecule has 0 aliphatic carbocycles. The number of aliphatic hydroxyl groups is 1. The molecule has 2 atom stereocenters. The highest BCUT2D eigenvalue weighted by Gasteiger charge is 2.18. The lowest BCUT2D eigenvalue weighted by atomic mass is 10.2. The number of nitrogens with two attached hydrogens (primary N) is 1. The Kier molecular flexibility index (Phi) is 7.42. The molecule has 31 heavy (non-hydrogen) atoms. The predicted molar refractivity (Wildman–Crippen MR) is 122 cm³/mol. The van der Waals surface area contributed by atoms with Gasteiger partial charge in [-0.1, -0.05) is 22.9 Å². The average molecular weight is 466 g/mol. The summed E-state index contributed by atoms with van der Waals surface area (Å²) in [6, 6.07) is 4.25. The molecule has 4 N–H and O–H groups in total. The van der Waals surface area contributed by atoms with Crippen molar-refractivity contribution in [3.63, 3.8) is 0 Å². The van der Waals surface area contributed by atoms with Gasteiger partial charge in [-0.2, -0.15) is 0 Å². The number of pyridine rings is 1. The number of hydrogen-bond acceptors (Lipinski definition) is 8. The fourth-order valence-corrected chi connectivity index (χ4v) is 3.85. The van der Waals surface area contributed by atoms with Crippen molar-refractivity contribution in [2.24, 2.45) is 5.73 Å². The highest BCUT2D eigenvalue weighted by molar-refractivity contribution is 7.18. The molecule has 0 saturated carbocycles. The van der Waals surface area contributed by atoms with Crippen LogP contribution in [-0.2, 0) is 0 Å². The molecule has 3 rings (SSSR count). The van der Waals surface area contributed by atoms with Crippen molar-refractivity contribution in [3.8, 4) is 26.9 Å². The molecule has 1 aromatic carbocycles. The summed E-state index contributed by atoms with van der Waals surface area (Å²) in [4.78, 5) is 4.46. The van der Waals surface area contributed by atoms with E-state index in [0.717, 1.165) is 16.9 Å². The Hall–Kier alpha value is -2.33. The summed E-state index contributed by atoms with van der Waals surface area (Å²) in [7, 11) is 0. The van der Waals surface area contributed by atoms with Crippen LogP contribution in [0.25, 0.3) is 21.1 Å². The minimum Gasteiger partial charge on any atom is -0.489 e. The zero-order chi connectivity index (χ0) is 22.7. The number of rotatable bonds is 8. The van der Waals surface area contributed by atoms with E-state index in [1.165, 1.54) is 23.5 Å². The Labute approximate surface area is 189 Å². The van der Waals surface area contributed by atoms with Crippen LogP contribution in [0.2, 0.25) is 5.02 Å². The van der Waals surface area contributed by atoms with Gasteiger partial charge in [0.25, 0.3) is 0 Å². The van der Waals surface area contributed by atoms with Crippen LogP contribution in [0.4, 0.5) is 10.2 Å². The topological polar surface area (TPSA) is 106 Å². The fraction of sp³-hybridized carbons (Fsp3) is 0.381. The first-order chi connectivity index (χ1) is 14.7. The van der Waals surface area contributed by atoms with Crippen LogP contribution in [0.1, 0.15) is 26.3 Å². The first-order valence-electron chi connectivity index (χ1n) is 9.78. The summed E-state index contributed by atoms with van der Waals surface area (Å²) < 4.78 is 19.9. The van der Waals surface area contributed by atoms with Crippen LogP contribution in [0.5, 0.6) is 5.75 Å². The first-order valence-corrected chi connectivity index (χ1v) is 11.0. The Balaban J connectivity index is 1.82. The Bertz CT molecular complexity index is 1060. The lowest BCUT2D eigenvalue weighted by molar-refractivity contribution is 0.129. The molecule has 3 aromatic rings. The normalized spacial score (nSPS) is 13.3. The lowest BCUT2D eigenvalue weighted by Crippen LogP contribution is -2.38. The average Bonchev–Trinajstić information content (AvgIpc) is 3.19. The van der Waals surface area contributed by atoms with Gasteiger partial charge in [-0.05, 0) is 45.4 Å². The quantitative estimate of drug-likeness (QED) is 0.456. The van der Waals surface area contributed by atoms with E-state index in [-0.39, 0.29) is 23.4 Å². The number of nitrogens with zero attached hydrogens (tertiary/aromatic N) is 3. The smallest absolute Gasteiger partial charge is 0.165 e. The molecule has 0 amide bonds. The maximum Gasteiger partial charge on any atom is 0.165 e. The van der Waals surface area contributed by atoms with Crippen molar-refractivity contribution < 1.29 is 14.2 Å². The second-order valence-electron chi connectivity index (χ2n) is 7.58. The van der Waals surface area contributed by atoms with Gasteiger partial charge in [0.05, 0.1) is 17.2 Å². The second kappa shape index (κ2) is 9.86. The summed E-state index contributed by atoms with van der Waals surface area (Å²) in [6.45, 7) is 7.57. The van der Waals surface area contributed by atoms with Gasteiger partial charge in [0, 0.05) is 29.4 Å². The number of hydrogen-bond donors (Lipinski definition) is 3. The van der Waals surface area contributed by atoms with Gasteiger partial charge < -0.3 is 20.9 Å². The van der Waals surface area contributed by atoms with Crippen molar-refractivity contribution >= 4 is 28.8 Å². The zero-order valence-electron chi connectivity index (χ0n) is 17.7. The van der Waals surface area contributed by atoms with Crippen molar-refractivity contribution in [2.45, 2.75) is 45.9 Å². The molecular weight excluding hydrogens is 441 g/mol. The summed E-state index contributed by atoms with van der Waals surface area (Å²) in [5.41, 5.74) is 7.94. The van der Waals surface area contributed by atoms with Crippen molar-refractivity contribution in [3.05, 3.63) is 40.8 Å². The van der Waals surface area contributed by atoms with Crippen molar-refractivity contribution in [2.75, 3.05) is 11.9 Å². The van der Waals surface area contributed by atoms with E-state index < -0.39 is 18.0 Å². The molecule has 10 heteroatoms. The van der Waals surface area contributed by atoms with Gasteiger partial charge in [-0.3, -0.25) is 0 Å². The Morgan fingerprint density at radius 1 is 1.23 bits per heavy atom. The van der Waals surface area contributed by atoms with Gasteiger partial charge in [0.15, 0.2) is 11.6 Å². The van der Waals surface area contributed by atoms with E-state index in [1.54, 1.807) is 13.1 Å². The molecule has 0 bridgehead atoms. The van der Waals surface area contributed by atoms with E-state index in [9.17, 15) is 9.50 Å². The molecule has 0 saturated heterocycles. The van der Waals surface area contributed by atoms with E-state index >= 15 is 0 Å². The molecule has 0 radical (unpaired) electrons. The standard InChI is InChI=1S/C21H25ClFN5O2S/c1-10(2)26-19-11(3)5-13(8-25-19)20-27-28-21(31-20)14-6-16(23)18(7-15(14)22)30-9-17(24)12(4)29/h5-8,10,12,17,29H,9,24H2,1-4H3,(H,25,26)/t12-,17+/m1/s1. The number of ether oxygens (including phenoxy) is 1. The molecule has 0 fully saturated rings. The minimum atomic E-state index is -0.772. The van der Waals surface area contributed by atoms with Gasteiger partial charge in [-0.15, -0.1) is 10.2 Å². The van der Waals surface area contributed by atoms with Crippen LogP contribution in [0.15, 0.2) is 24.4 Å². The molecule has 2 heterocycles. The van der Waals surface area contributed by atoms with Crippen molar-refractivity contribution in [1.82, 2.24) is 15.2 Å². The van der Waals surface area contributed by atoms with E-state index in [1.807, 2.05) is 26.8 Å². The SMILES string of the molecule is Cc1cc(-c2nnc(-c3cc(F)c(OC[C@H](N)[C@@H](C)O)cc3Cl)s2)cnc1NC(C)C. The second-order valence-corrected chi connectivity index (χ2v) is 8.96. The first kappa shape index (κ1) is 23.3. The Morgan fingerprint density at radius 3 is 2.58 bits per heavy atom. The van der Waals surface area contributed by atoms with Crippen LogP contribution < -0.4 is 15.8 Å². The van der Waals surface area contributed by atoms with Crippen LogP contribution in [-0.4, -0.2) is 45.1 Å². The maximum absolute atomic E-state index is 14.6. The molecule has 0 aliphatic rings. The molecular formula is C21H25ClFN5O2S. The Morgan fingerprint density at radius 2 is 1.94 bits per heavy atom. The maximum atomic E-state index is 14.6. The monoisotopic (exact) mass is 465 g/mol. The third kappa shape index (κ3) is 5.68. The molecule has 0 unspecified atom stereocenters. The predicted octanol–water partition coefficient (Wildman–Crippen LogP) is 4.28. The van der Waals surface area contributed by atoms with Gasteiger partial charge >= 0.3 is 0 Å². The van der Waals surface area contributed by atoms with Gasteiger partial charge in [0.1, 0.15) is 22.4 Å². The summed E-state index contributed by atoms with van der Waals surface area (Å²) in [6.07, 6.45) is 0.956. The fourth-order valence-electron chi connectivity index (χ4n) is 2.69. The van der Waals surface area contributed by atoms with Gasteiger partial charge in [-0.25, -0.2) is 9.37 Å². The number of aryl methyl sites for hydroxylation is 1. The van der Waals surface area contributed by atoms with Gasteiger partial charge in [0.2, 0.25) is 0 Å². The summed E-state index contributed by atoms with van der Waals surface area (Å²) in [5, 5.41) is 22.5. The largest absolute Gasteiger partial charge is 0.489 e. The molecule has 7 nitrogen and oxygen atoms in total. The third-order valence-corrected chi connectivity index (χ3v) is 5.80. The van der Waals surface area contributed by atoms with Crippen LogP contribution >= 0.6 is 22.9 Å². The number of anilines is 1. The number of aromatic nitrogens is 3. The van der Waals surface area contributed by atoms with E-state index in [2.05, 4.69) is 20.5 Å². The van der Waals surface area contributed by atoms with E-state index in [4.69, 9.17) is 22.1 Å². The van der Waals surface area contributed by atoms with Crippen molar-refractivity contribution in [1.29, 1.82) is 0 Å². The minimum absolute atomic E-state index is 0.0392. The number of halogens is 2. The highest BCUT2D eigenvalue weighted by Crippen LogP contribution is 2.37. The molecule has 0 aliphatic heterocycles. The molecule has 0 spiro atoms. The lowest BCUT2D eigenvalue weighted by Gasteiger charge is -2.16. The number of benzene rings is 1. The molecule has 166 valence electrons. The van der Waals surface area contributed by atoms with Crippen LogP contribution in [0, 0.1) is 12.7 Å². The zero-order valence-corrected chi connectivity index (χ0v) is 19.3. The third-order valence-electron chi connectivity index (χ3n) is 4.48. The summed E-state index contributed by atoms with van der Waals surface area (Å²) >= 11 is 7.65. The number of nitrogens with one attached hydrogen (secondary N) is 1. The number of aliphatic hydroxyl groups excluding tert-OH is 1. The van der Waals surface area contributed by atoms with Crippen LogP contribution in [0.3, 0.4) is 0 Å². The van der Waals surface area contributed by atoms with E-state index in [0.29, 0.717) is 15.6 Å². The highest BCUT2D eigenvalue weighted by atomic mass is 35.5. The summed E-state index contributed by atoms with van der Waals surface area (Å²) in [5.74, 6) is 0.178.